The third kappa shape index (κ3) is 16.7. The molecule has 2 fully saturated rings. The molecule has 12 aromatic rings. The highest BCUT2D eigenvalue weighted by Gasteiger charge is 2.36. The van der Waals surface area contributed by atoms with Crippen molar-refractivity contribution in [3.05, 3.63) is 279 Å². The van der Waals surface area contributed by atoms with Crippen molar-refractivity contribution in [2.24, 2.45) is 21.1 Å². The van der Waals surface area contributed by atoms with E-state index in [4.69, 9.17) is 33.7 Å². The number of fused-ring (bicyclic) bond motifs is 4. The Bertz CT molecular complexity index is 5500. The van der Waals surface area contributed by atoms with E-state index in [1.54, 1.807) is 108 Å². The smallest absolute Gasteiger partial charge is 0.317 e. The van der Waals surface area contributed by atoms with Crippen LogP contribution in [0.5, 0.6) is 0 Å². The van der Waals surface area contributed by atoms with Crippen molar-refractivity contribution in [3.8, 4) is 41.5 Å². The zero-order chi connectivity index (χ0) is 73.2. The monoisotopic (exact) mass is 1650 g/mol. The number of aromatic nitrogens is 8. The molecule has 102 heavy (non-hydrogen) atoms. The number of amides is 2. The van der Waals surface area contributed by atoms with Crippen molar-refractivity contribution < 1.29 is 4.79 Å². The van der Waals surface area contributed by atoms with Gasteiger partial charge in [0.15, 0.2) is 0 Å². The number of piperazine rings is 1. The first-order chi connectivity index (χ1) is 48.9. The van der Waals surface area contributed by atoms with E-state index < -0.39 is 0 Å². The van der Waals surface area contributed by atoms with Crippen molar-refractivity contribution in [2.45, 2.75) is 51.8 Å². The number of alkyl halides is 1. The second kappa shape index (κ2) is 33.0. The van der Waals surface area contributed by atoms with E-state index in [9.17, 15) is 35.0 Å². The number of carbonyl (C=O) groups is 1. The Hall–Kier alpha value is -10.3. The molecule has 2 aliphatic heterocycles. The molecule has 0 bridgehead atoms. The Balaban J connectivity index is 0.000000149. The molecule has 20 nitrogen and oxygen atoms in total. The number of nitrogens with zero attached hydrogens (tertiary/aromatic N) is 15. The van der Waals surface area contributed by atoms with Gasteiger partial charge in [-0.05, 0) is 169 Å². The quantitative estimate of drug-likeness (QED) is 0.132. The highest BCUT2D eigenvalue weighted by molar-refractivity contribution is 9.11. The lowest BCUT2D eigenvalue weighted by Crippen LogP contribution is -2.52. The Labute approximate surface area is 630 Å². The molecular weight excluding hydrogens is 1590 g/mol. The molecule has 26 heteroatoms. The SMILES string of the molecule is Cc1cc(Br)ccc1C#N.Cc1ccc(C#N)c(Cn2c3cc(-c4cnc(N5CCN6C(=O)NC[C@H]6C5)nc4)ccc3c(=O)n2C)c1.Cc1ccc(C#N)c(Cn2c3cc(Cl)ccc3c(=O)n2C)c1.Cn1c(=O)c2ccc(Cl)cc2n1Cc1cc(Br)ccc1C#N.N#Cc1ccc(Br)cc1CBr. The standard InChI is InChI=1S/C27H26N8O2.C17H14ClN3O.C16H11BrClN3O.C8H5Br2N.C8H6BrN/c1-17-3-4-19(11-28)20(9-17)15-35-24-10-18(5-6-23(24)25(36)32(35)2)21-12-29-26(30-13-21)33-7-8-34-22(16-33)14-31-27(34)37;1-11-3-4-12(9-19)13(7-11)10-21-16-8-14(18)5-6-15(16)17(22)20(21)2;1-20-16(22)14-5-4-13(18)7-15(14)21(20)9-11-6-12(17)3-2-10(11)8-19;9-4-7-3-8(10)2-1-6(7)5-11;1-6-4-8(9)3-2-7(6)5-10/h3-6,9-10,12-13,22H,7-8,14-16H2,1-2H3,(H,31,37);3-8H,10H2,1-2H3;2-7H,9H2,1H3;1-3H,4H2;2-4H,1H3/t22-;;;;/m0..../s1. The summed E-state index contributed by atoms with van der Waals surface area (Å²) in [7, 11) is 5.17. The molecule has 0 aliphatic carbocycles. The van der Waals surface area contributed by atoms with Crippen LogP contribution in [0.25, 0.3) is 43.8 Å². The second-order valence-electron chi connectivity index (χ2n) is 24.0. The molecule has 1 N–H and O–H groups in total. The molecule has 0 unspecified atom stereocenters. The number of rotatable bonds is 9. The predicted octanol–water partition coefficient (Wildman–Crippen LogP) is 15.0. The second-order valence-corrected chi connectivity index (χ2v) is 28.2. The molecule has 2 aliphatic rings. The molecule has 2 amide bonds. The van der Waals surface area contributed by atoms with Gasteiger partial charge in [-0.1, -0.05) is 128 Å². The van der Waals surface area contributed by atoms with E-state index in [0.29, 0.717) is 94.7 Å². The maximum Gasteiger partial charge on any atom is 0.317 e. The van der Waals surface area contributed by atoms with Crippen LogP contribution in [0.2, 0.25) is 10.0 Å². The van der Waals surface area contributed by atoms with E-state index in [0.717, 1.165) is 96.5 Å². The first-order valence-electron chi connectivity index (χ1n) is 31.6. The Kier molecular flexibility index (Phi) is 24.0. The van der Waals surface area contributed by atoms with Crippen LogP contribution in [0.3, 0.4) is 0 Å². The zero-order valence-electron chi connectivity index (χ0n) is 55.9. The molecule has 1 atom stereocenters. The minimum Gasteiger partial charge on any atom is -0.337 e. The van der Waals surface area contributed by atoms with E-state index >= 15 is 0 Å². The lowest BCUT2D eigenvalue weighted by Gasteiger charge is -2.36. The van der Waals surface area contributed by atoms with E-state index in [1.165, 1.54) is 0 Å². The van der Waals surface area contributed by atoms with Gasteiger partial charge < -0.3 is 15.1 Å². The van der Waals surface area contributed by atoms with Crippen molar-refractivity contribution in [1.82, 2.24) is 48.3 Å². The van der Waals surface area contributed by atoms with Crippen molar-refractivity contribution >= 4 is 132 Å². The molecule has 0 spiro atoms. The van der Waals surface area contributed by atoms with E-state index in [-0.39, 0.29) is 28.8 Å². The van der Waals surface area contributed by atoms with Gasteiger partial charge in [0.2, 0.25) is 5.95 Å². The number of benzene rings is 8. The fourth-order valence-electron chi connectivity index (χ4n) is 12.0. The number of urea groups is 1. The van der Waals surface area contributed by atoms with Crippen LogP contribution >= 0.6 is 86.9 Å². The fraction of sp³-hybridized carbons (Fsp3) is 0.197. The van der Waals surface area contributed by atoms with Gasteiger partial charge in [0.1, 0.15) is 0 Å². The highest BCUT2D eigenvalue weighted by atomic mass is 79.9. The molecule has 8 aromatic carbocycles. The Morgan fingerprint density at radius 3 is 1.33 bits per heavy atom. The minimum absolute atomic E-state index is 0.00180. The number of carbonyl (C=O) groups excluding carboxylic acids is 1. The van der Waals surface area contributed by atoms with Gasteiger partial charge in [0, 0.05) is 94.1 Å². The first kappa shape index (κ1) is 74.4. The van der Waals surface area contributed by atoms with Crippen LogP contribution in [0.15, 0.2) is 186 Å². The topological polar surface area (TPSA) is 261 Å². The summed E-state index contributed by atoms with van der Waals surface area (Å²) in [6.07, 6.45) is 3.60. The first-order valence-corrected chi connectivity index (χ1v) is 35.8. The maximum atomic E-state index is 12.9. The van der Waals surface area contributed by atoms with Gasteiger partial charge in [0.25, 0.3) is 16.7 Å². The summed E-state index contributed by atoms with van der Waals surface area (Å²) in [5.41, 5.74) is 13.8. The summed E-state index contributed by atoms with van der Waals surface area (Å²) >= 11 is 25.5. The van der Waals surface area contributed by atoms with Crippen molar-refractivity contribution in [1.29, 1.82) is 26.3 Å². The summed E-state index contributed by atoms with van der Waals surface area (Å²) in [5, 5.41) is 51.9. The number of nitrogens with one attached hydrogen (secondary N) is 1. The average Bonchev–Trinajstić information content (AvgIpc) is 1.63. The average molecular weight is 1650 g/mol. The number of hydrogen-bond acceptors (Lipinski definition) is 12. The molecule has 0 radical (unpaired) electrons. The molecule has 512 valence electrons. The van der Waals surface area contributed by atoms with Gasteiger partial charge >= 0.3 is 6.03 Å². The molecule has 14 rings (SSSR count). The third-order valence-corrected chi connectivity index (χ3v) is 20.0. The van der Waals surface area contributed by atoms with Crippen molar-refractivity contribution in [3.63, 3.8) is 0 Å². The van der Waals surface area contributed by atoms with Crippen LogP contribution in [0.1, 0.15) is 66.8 Å². The molecule has 4 aromatic heterocycles. The van der Waals surface area contributed by atoms with Crippen LogP contribution in [-0.2, 0) is 46.1 Å². The van der Waals surface area contributed by atoms with Gasteiger partial charge in [0.05, 0.1) is 117 Å². The normalized spacial score (nSPS) is 12.7. The van der Waals surface area contributed by atoms with Crippen LogP contribution in [-0.4, -0.2) is 81.2 Å². The third-order valence-electron chi connectivity index (χ3n) is 17.4. The van der Waals surface area contributed by atoms with Gasteiger partial charge in [-0.25, -0.2) is 14.8 Å². The van der Waals surface area contributed by atoms with Crippen LogP contribution in [0, 0.1) is 77.4 Å². The molecular formula is C76H62Br4Cl2N16O4. The number of anilines is 1. The zero-order valence-corrected chi connectivity index (χ0v) is 63.7. The number of nitriles is 5. The number of hydrogen-bond donors (Lipinski definition) is 1. The van der Waals surface area contributed by atoms with E-state index in [2.05, 4.69) is 114 Å². The summed E-state index contributed by atoms with van der Waals surface area (Å²) in [6.45, 7) is 9.84. The summed E-state index contributed by atoms with van der Waals surface area (Å²) < 4.78 is 13.2. The van der Waals surface area contributed by atoms with Gasteiger partial charge in [-0.2, -0.15) is 26.3 Å². The summed E-state index contributed by atoms with van der Waals surface area (Å²) in [5.74, 6) is 0.643. The number of aryl methyl sites for hydroxylation is 3. The lowest BCUT2D eigenvalue weighted by molar-refractivity contribution is 0.197. The number of halogens is 6. The molecule has 6 heterocycles. The molecule has 2 saturated heterocycles. The van der Waals surface area contributed by atoms with Crippen molar-refractivity contribution in [2.75, 3.05) is 31.1 Å². The van der Waals surface area contributed by atoms with E-state index in [1.807, 2.05) is 125 Å². The minimum atomic E-state index is -0.0849. The lowest BCUT2D eigenvalue weighted by atomic mass is 10.0. The van der Waals surface area contributed by atoms with Gasteiger partial charge in [-0.15, -0.1) is 0 Å². The highest BCUT2D eigenvalue weighted by Crippen LogP contribution is 2.28. The van der Waals surface area contributed by atoms with Crippen LogP contribution in [0.4, 0.5) is 10.7 Å². The summed E-state index contributed by atoms with van der Waals surface area (Å²) in [4.78, 5) is 62.6. The maximum absolute atomic E-state index is 12.9. The predicted molar refractivity (Wildman–Crippen MR) is 412 cm³/mol. The largest absolute Gasteiger partial charge is 0.337 e. The fourth-order valence-corrected chi connectivity index (χ4v) is 14.1. The molecule has 0 saturated carbocycles. The van der Waals surface area contributed by atoms with Gasteiger partial charge in [-0.3, -0.25) is 42.5 Å². The summed E-state index contributed by atoms with van der Waals surface area (Å²) in [6, 6.07) is 55.2. The Morgan fingerprint density at radius 1 is 0.480 bits per heavy atom. The Morgan fingerprint density at radius 2 is 0.882 bits per heavy atom. The van der Waals surface area contributed by atoms with Crippen LogP contribution < -0.4 is 26.9 Å².